The summed E-state index contributed by atoms with van der Waals surface area (Å²) < 4.78 is 22.0. The van der Waals surface area contributed by atoms with Gasteiger partial charge in [0.2, 0.25) is 0 Å². The highest BCUT2D eigenvalue weighted by Gasteiger charge is 2.22. The predicted molar refractivity (Wildman–Crippen MR) is 95.5 cm³/mol. The largest absolute Gasteiger partial charge is 0.487 e. The fourth-order valence-corrected chi connectivity index (χ4v) is 2.86. The summed E-state index contributed by atoms with van der Waals surface area (Å²) in [5.41, 5.74) is 0.449. The smallest absolute Gasteiger partial charge is 0.338 e. The van der Waals surface area contributed by atoms with E-state index in [9.17, 15) is 4.79 Å². The first-order valence-corrected chi connectivity index (χ1v) is 8.98. The molecular weight excluding hydrogens is 322 g/mol. The molecule has 6 heteroatoms. The molecular formula is C19H29NO5. The number of methoxy groups -OCH3 is 1. The number of piperidine rings is 1. The van der Waals surface area contributed by atoms with Gasteiger partial charge in [0, 0.05) is 13.2 Å². The summed E-state index contributed by atoms with van der Waals surface area (Å²) >= 11 is 0. The summed E-state index contributed by atoms with van der Waals surface area (Å²) in [5.74, 6) is 0.793. The normalized spacial score (nSPS) is 18.4. The van der Waals surface area contributed by atoms with Crippen LogP contribution in [0.4, 0.5) is 0 Å². The topological polar surface area (TPSA) is 66.0 Å². The second-order valence-electron chi connectivity index (χ2n) is 6.10. The summed E-state index contributed by atoms with van der Waals surface area (Å²) in [6.45, 7) is 6.04. The Morgan fingerprint density at radius 3 is 2.80 bits per heavy atom. The maximum atomic E-state index is 12.0. The molecule has 1 fully saturated rings. The van der Waals surface area contributed by atoms with Crippen molar-refractivity contribution < 1.29 is 23.7 Å². The van der Waals surface area contributed by atoms with Gasteiger partial charge in [0.15, 0.2) is 11.5 Å². The van der Waals surface area contributed by atoms with E-state index in [1.807, 2.05) is 0 Å². The zero-order chi connectivity index (χ0) is 18.1. The van der Waals surface area contributed by atoms with Gasteiger partial charge in [-0.3, -0.25) is 0 Å². The number of esters is 1. The summed E-state index contributed by atoms with van der Waals surface area (Å²) in [7, 11) is 1.62. The van der Waals surface area contributed by atoms with Gasteiger partial charge in [-0.15, -0.1) is 0 Å². The number of ether oxygens (including phenoxy) is 4. The molecule has 1 aliphatic rings. The van der Waals surface area contributed by atoms with Gasteiger partial charge in [-0.1, -0.05) is 6.42 Å². The Bertz CT molecular complexity index is 543. The van der Waals surface area contributed by atoms with Crippen molar-refractivity contribution in [2.75, 3.05) is 33.5 Å². The van der Waals surface area contributed by atoms with Crippen molar-refractivity contribution in [3.05, 3.63) is 23.8 Å². The van der Waals surface area contributed by atoms with E-state index < -0.39 is 0 Å². The summed E-state index contributed by atoms with van der Waals surface area (Å²) in [6.07, 6.45) is 3.54. The van der Waals surface area contributed by atoms with E-state index in [2.05, 4.69) is 12.2 Å². The Morgan fingerprint density at radius 1 is 1.28 bits per heavy atom. The van der Waals surface area contributed by atoms with Crippen LogP contribution in [0.3, 0.4) is 0 Å². The summed E-state index contributed by atoms with van der Waals surface area (Å²) in [5, 5.41) is 3.50. The molecule has 25 heavy (non-hydrogen) atoms. The zero-order valence-corrected chi connectivity index (χ0v) is 15.4. The minimum atomic E-state index is -0.368. The lowest BCUT2D eigenvalue weighted by atomic mass is 10.0. The average Bonchev–Trinajstić information content (AvgIpc) is 2.64. The number of carbonyl (C=O) groups excluding carboxylic acids is 1. The molecule has 1 N–H and O–H groups in total. The molecule has 0 radical (unpaired) electrons. The zero-order valence-electron chi connectivity index (χ0n) is 15.4. The van der Waals surface area contributed by atoms with Crippen molar-refractivity contribution >= 4 is 5.97 Å². The monoisotopic (exact) mass is 351 g/mol. The fourth-order valence-electron chi connectivity index (χ4n) is 2.86. The van der Waals surface area contributed by atoms with E-state index in [-0.39, 0.29) is 12.1 Å². The van der Waals surface area contributed by atoms with E-state index in [4.69, 9.17) is 18.9 Å². The molecule has 0 aliphatic carbocycles. The van der Waals surface area contributed by atoms with Crippen LogP contribution < -0.4 is 14.8 Å². The SMILES string of the molecule is CCOC(=O)c1ccc(OC(C)C2CCCCN2)c(OCCOC)c1. The van der Waals surface area contributed by atoms with Crippen molar-refractivity contribution in [2.45, 2.75) is 45.3 Å². The van der Waals surface area contributed by atoms with Crippen LogP contribution in [0.2, 0.25) is 0 Å². The van der Waals surface area contributed by atoms with Gasteiger partial charge >= 0.3 is 5.97 Å². The molecule has 6 nitrogen and oxygen atoms in total. The lowest BCUT2D eigenvalue weighted by molar-refractivity contribution is 0.0525. The van der Waals surface area contributed by atoms with Gasteiger partial charge in [-0.05, 0) is 51.4 Å². The van der Waals surface area contributed by atoms with Crippen molar-refractivity contribution in [1.29, 1.82) is 0 Å². The molecule has 0 bridgehead atoms. The Morgan fingerprint density at radius 2 is 2.12 bits per heavy atom. The number of benzene rings is 1. The van der Waals surface area contributed by atoms with Gasteiger partial charge in [-0.25, -0.2) is 4.79 Å². The number of rotatable bonds is 9. The van der Waals surface area contributed by atoms with Crippen molar-refractivity contribution in [3.63, 3.8) is 0 Å². The van der Waals surface area contributed by atoms with Gasteiger partial charge < -0.3 is 24.3 Å². The maximum absolute atomic E-state index is 12.0. The van der Waals surface area contributed by atoms with Crippen LogP contribution in [0.1, 0.15) is 43.5 Å². The van der Waals surface area contributed by atoms with Crippen LogP contribution in [-0.2, 0) is 9.47 Å². The van der Waals surface area contributed by atoms with Crippen LogP contribution in [-0.4, -0.2) is 51.6 Å². The second kappa shape index (κ2) is 10.3. The molecule has 0 saturated carbocycles. The Balaban J connectivity index is 2.11. The molecule has 0 aromatic heterocycles. The number of nitrogens with one attached hydrogen (secondary N) is 1. The molecule has 1 aromatic rings. The van der Waals surface area contributed by atoms with Crippen molar-refractivity contribution in [2.24, 2.45) is 0 Å². The molecule has 2 atom stereocenters. The van der Waals surface area contributed by atoms with E-state index >= 15 is 0 Å². The molecule has 2 rings (SSSR count). The summed E-state index contributed by atoms with van der Waals surface area (Å²) in [6, 6.07) is 5.47. The van der Waals surface area contributed by atoms with Gasteiger partial charge in [0.05, 0.1) is 18.8 Å². The third-order valence-electron chi connectivity index (χ3n) is 4.23. The Hall–Kier alpha value is -1.79. The van der Waals surface area contributed by atoms with E-state index in [1.54, 1.807) is 32.2 Å². The lowest BCUT2D eigenvalue weighted by Gasteiger charge is -2.29. The molecule has 1 aromatic carbocycles. The Labute approximate surface area is 149 Å². The first-order valence-electron chi connectivity index (χ1n) is 8.98. The quantitative estimate of drug-likeness (QED) is 0.545. The van der Waals surface area contributed by atoms with E-state index in [0.717, 1.165) is 13.0 Å². The number of carbonyl (C=O) groups is 1. The highest BCUT2D eigenvalue weighted by atomic mass is 16.5. The lowest BCUT2D eigenvalue weighted by Crippen LogP contribution is -2.44. The molecule has 0 spiro atoms. The van der Waals surface area contributed by atoms with Crippen LogP contribution in [0.25, 0.3) is 0 Å². The number of hydrogen-bond acceptors (Lipinski definition) is 6. The first kappa shape index (κ1) is 19.5. The van der Waals surface area contributed by atoms with Crippen LogP contribution in [0.5, 0.6) is 11.5 Å². The predicted octanol–water partition coefficient (Wildman–Crippen LogP) is 2.80. The standard InChI is InChI=1S/C19H29NO5/c1-4-23-19(21)15-8-9-17(18(13-15)24-12-11-22-3)25-14(2)16-7-5-6-10-20-16/h8-9,13-14,16,20H,4-7,10-12H2,1-3H3. The molecule has 140 valence electrons. The van der Waals surface area contributed by atoms with Gasteiger partial charge in [-0.2, -0.15) is 0 Å². The Kier molecular flexibility index (Phi) is 8.01. The fraction of sp³-hybridized carbons (Fsp3) is 0.632. The molecule has 2 unspecified atom stereocenters. The van der Waals surface area contributed by atoms with Gasteiger partial charge in [0.25, 0.3) is 0 Å². The third-order valence-corrected chi connectivity index (χ3v) is 4.23. The maximum Gasteiger partial charge on any atom is 0.338 e. The van der Waals surface area contributed by atoms with Gasteiger partial charge in [0.1, 0.15) is 12.7 Å². The molecule has 1 aliphatic heterocycles. The van der Waals surface area contributed by atoms with Crippen molar-refractivity contribution in [1.82, 2.24) is 5.32 Å². The molecule has 1 saturated heterocycles. The van der Waals surface area contributed by atoms with Crippen LogP contribution in [0.15, 0.2) is 18.2 Å². The molecule has 1 heterocycles. The van der Waals surface area contributed by atoms with Crippen LogP contribution >= 0.6 is 0 Å². The van der Waals surface area contributed by atoms with Crippen molar-refractivity contribution in [3.8, 4) is 11.5 Å². The third kappa shape index (κ3) is 5.90. The van der Waals surface area contributed by atoms with E-state index in [1.165, 1.54) is 12.8 Å². The second-order valence-corrected chi connectivity index (χ2v) is 6.10. The first-order chi connectivity index (χ1) is 12.2. The average molecular weight is 351 g/mol. The summed E-state index contributed by atoms with van der Waals surface area (Å²) in [4.78, 5) is 12.0. The minimum Gasteiger partial charge on any atom is -0.487 e. The highest BCUT2D eigenvalue weighted by molar-refractivity contribution is 5.90. The number of hydrogen-bond donors (Lipinski definition) is 1. The van der Waals surface area contributed by atoms with Crippen LogP contribution in [0, 0.1) is 0 Å². The van der Waals surface area contributed by atoms with E-state index in [0.29, 0.717) is 42.9 Å². The molecule has 0 amide bonds. The minimum absolute atomic E-state index is 0.0125. The highest BCUT2D eigenvalue weighted by Crippen LogP contribution is 2.30.